The van der Waals surface area contributed by atoms with Crippen molar-refractivity contribution in [1.29, 1.82) is 0 Å². The SMILES string of the molecule is CCNC(=NCC1CCCN(C)C1c1ccc(OC)cc1)N1CC[C@@H](O)C1. The van der Waals surface area contributed by atoms with Crippen molar-refractivity contribution in [3.63, 3.8) is 0 Å². The molecule has 3 rings (SSSR count). The average molecular weight is 375 g/mol. The van der Waals surface area contributed by atoms with Crippen LogP contribution in [0, 0.1) is 5.92 Å². The highest BCUT2D eigenvalue weighted by molar-refractivity contribution is 5.80. The van der Waals surface area contributed by atoms with Crippen molar-refractivity contribution < 1.29 is 9.84 Å². The summed E-state index contributed by atoms with van der Waals surface area (Å²) >= 11 is 0. The van der Waals surface area contributed by atoms with E-state index in [1.54, 1.807) is 7.11 Å². The molecule has 0 bridgehead atoms. The van der Waals surface area contributed by atoms with Gasteiger partial charge in [0.25, 0.3) is 0 Å². The number of nitrogens with zero attached hydrogens (tertiary/aromatic N) is 3. The highest BCUT2D eigenvalue weighted by Crippen LogP contribution is 2.36. The Hall–Kier alpha value is -1.79. The zero-order valence-electron chi connectivity index (χ0n) is 16.9. The Bertz CT molecular complexity index is 619. The number of likely N-dealkylation sites (tertiary alicyclic amines) is 2. The predicted molar refractivity (Wildman–Crippen MR) is 109 cm³/mol. The van der Waals surface area contributed by atoms with Gasteiger partial charge in [-0.05, 0) is 63.4 Å². The number of benzene rings is 1. The van der Waals surface area contributed by atoms with E-state index in [9.17, 15) is 5.11 Å². The molecule has 1 aromatic carbocycles. The minimum absolute atomic E-state index is 0.235. The number of hydrogen-bond acceptors (Lipinski definition) is 4. The molecular formula is C21H34N4O2. The zero-order valence-corrected chi connectivity index (χ0v) is 16.9. The number of ether oxygens (including phenoxy) is 1. The van der Waals surface area contributed by atoms with Gasteiger partial charge >= 0.3 is 0 Å². The summed E-state index contributed by atoms with van der Waals surface area (Å²) < 4.78 is 5.31. The number of aliphatic hydroxyl groups excluding tert-OH is 1. The van der Waals surface area contributed by atoms with Gasteiger partial charge in [-0.1, -0.05) is 12.1 Å². The van der Waals surface area contributed by atoms with Gasteiger partial charge in [-0.15, -0.1) is 0 Å². The first kappa shape index (κ1) is 20.0. The number of guanidine groups is 1. The van der Waals surface area contributed by atoms with Crippen molar-refractivity contribution in [2.45, 2.75) is 38.3 Å². The molecule has 27 heavy (non-hydrogen) atoms. The summed E-state index contributed by atoms with van der Waals surface area (Å²) in [6.07, 6.45) is 2.99. The van der Waals surface area contributed by atoms with E-state index in [1.807, 2.05) is 12.1 Å². The topological polar surface area (TPSA) is 60.3 Å². The summed E-state index contributed by atoms with van der Waals surface area (Å²) in [5.41, 5.74) is 1.33. The second-order valence-corrected chi connectivity index (χ2v) is 7.68. The lowest BCUT2D eigenvalue weighted by Crippen LogP contribution is -2.42. The van der Waals surface area contributed by atoms with Crippen LogP contribution >= 0.6 is 0 Å². The normalized spacial score (nSPS) is 27.0. The highest BCUT2D eigenvalue weighted by atomic mass is 16.5. The molecule has 2 aliphatic heterocycles. The number of β-amino-alcohol motifs (C(OH)–C–C–N with tert-alkyl or cyclic N) is 1. The molecule has 2 fully saturated rings. The Kier molecular flexibility index (Phi) is 6.96. The Morgan fingerprint density at radius 3 is 2.67 bits per heavy atom. The highest BCUT2D eigenvalue weighted by Gasteiger charge is 2.31. The van der Waals surface area contributed by atoms with E-state index >= 15 is 0 Å². The molecule has 1 aromatic rings. The van der Waals surface area contributed by atoms with Crippen molar-refractivity contribution in [1.82, 2.24) is 15.1 Å². The van der Waals surface area contributed by atoms with E-state index in [0.717, 1.165) is 44.3 Å². The first-order valence-corrected chi connectivity index (χ1v) is 10.2. The van der Waals surface area contributed by atoms with Crippen LogP contribution < -0.4 is 10.1 Å². The number of hydrogen-bond donors (Lipinski definition) is 2. The lowest BCUT2D eigenvalue weighted by molar-refractivity contribution is 0.125. The molecule has 0 aliphatic carbocycles. The Morgan fingerprint density at radius 2 is 2.04 bits per heavy atom. The number of methoxy groups -OCH3 is 1. The molecule has 2 heterocycles. The van der Waals surface area contributed by atoms with Crippen LogP contribution in [0.3, 0.4) is 0 Å². The number of rotatable bonds is 5. The van der Waals surface area contributed by atoms with Gasteiger partial charge in [0.1, 0.15) is 5.75 Å². The van der Waals surface area contributed by atoms with Crippen molar-refractivity contribution in [2.75, 3.05) is 46.9 Å². The van der Waals surface area contributed by atoms with Crippen LogP contribution in [0.1, 0.15) is 37.8 Å². The number of aliphatic hydroxyl groups is 1. The van der Waals surface area contributed by atoms with E-state index < -0.39 is 0 Å². The van der Waals surface area contributed by atoms with Crippen molar-refractivity contribution >= 4 is 5.96 Å². The van der Waals surface area contributed by atoms with Gasteiger partial charge in [-0.2, -0.15) is 0 Å². The zero-order chi connectivity index (χ0) is 19.2. The number of piperidine rings is 1. The third-order valence-corrected chi connectivity index (χ3v) is 5.74. The first-order chi connectivity index (χ1) is 13.1. The molecule has 150 valence electrons. The molecule has 2 unspecified atom stereocenters. The van der Waals surface area contributed by atoms with Crippen LogP contribution in [0.15, 0.2) is 29.3 Å². The maximum absolute atomic E-state index is 9.86. The summed E-state index contributed by atoms with van der Waals surface area (Å²) in [6.45, 7) is 6.41. The lowest BCUT2D eigenvalue weighted by atomic mass is 9.85. The van der Waals surface area contributed by atoms with Crippen molar-refractivity contribution in [2.24, 2.45) is 10.9 Å². The standard InChI is InChI=1S/C21H34N4O2/c1-4-22-21(25-13-11-18(26)15-25)23-14-17-6-5-12-24(2)20(17)16-7-9-19(27-3)10-8-16/h7-10,17-18,20,26H,4-6,11-15H2,1-3H3,(H,22,23)/t17?,18-,20?/m1/s1. The summed E-state index contributed by atoms with van der Waals surface area (Å²) in [5.74, 6) is 2.32. The van der Waals surface area contributed by atoms with E-state index in [4.69, 9.17) is 9.73 Å². The van der Waals surface area contributed by atoms with Crippen LogP contribution in [0.25, 0.3) is 0 Å². The molecule has 0 radical (unpaired) electrons. The molecule has 0 spiro atoms. The Balaban J connectivity index is 1.75. The monoisotopic (exact) mass is 374 g/mol. The fourth-order valence-corrected chi connectivity index (χ4v) is 4.34. The van der Waals surface area contributed by atoms with Gasteiger partial charge in [0.2, 0.25) is 0 Å². The van der Waals surface area contributed by atoms with Crippen LogP contribution in [-0.2, 0) is 0 Å². The van der Waals surface area contributed by atoms with Gasteiger partial charge in [0.05, 0.1) is 13.2 Å². The minimum atomic E-state index is -0.235. The summed E-state index contributed by atoms with van der Waals surface area (Å²) in [4.78, 5) is 9.61. The maximum Gasteiger partial charge on any atom is 0.194 e. The first-order valence-electron chi connectivity index (χ1n) is 10.2. The average Bonchev–Trinajstić information content (AvgIpc) is 3.11. The van der Waals surface area contributed by atoms with Gasteiger partial charge in [0, 0.05) is 32.2 Å². The van der Waals surface area contributed by atoms with Gasteiger partial charge in [0.15, 0.2) is 5.96 Å². The Labute approximate surface area is 163 Å². The molecule has 0 amide bonds. The van der Waals surface area contributed by atoms with E-state index in [-0.39, 0.29) is 6.10 Å². The van der Waals surface area contributed by atoms with E-state index in [1.165, 1.54) is 18.4 Å². The fourth-order valence-electron chi connectivity index (χ4n) is 4.34. The molecule has 3 atom stereocenters. The molecule has 0 aromatic heterocycles. The largest absolute Gasteiger partial charge is 0.497 e. The van der Waals surface area contributed by atoms with E-state index in [0.29, 0.717) is 18.5 Å². The minimum Gasteiger partial charge on any atom is -0.497 e. The number of aliphatic imine (C=N–C) groups is 1. The summed E-state index contributed by atoms with van der Waals surface area (Å²) in [5, 5.41) is 13.3. The molecule has 6 nitrogen and oxygen atoms in total. The van der Waals surface area contributed by atoms with Crippen molar-refractivity contribution in [3.05, 3.63) is 29.8 Å². The molecule has 2 saturated heterocycles. The van der Waals surface area contributed by atoms with Crippen LogP contribution in [-0.4, -0.2) is 73.9 Å². The van der Waals surface area contributed by atoms with E-state index in [2.05, 4.69) is 41.2 Å². The van der Waals surface area contributed by atoms with Crippen LogP contribution in [0.2, 0.25) is 0 Å². The molecule has 0 saturated carbocycles. The number of nitrogens with one attached hydrogen (secondary N) is 1. The fraction of sp³-hybridized carbons (Fsp3) is 0.667. The molecule has 2 aliphatic rings. The molecule has 6 heteroatoms. The van der Waals surface area contributed by atoms with Gasteiger partial charge in [-0.25, -0.2) is 0 Å². The summed E-state index contributed by atoms with van der Waals surface area (Å²) in [6, 6.07) is 8.84. The van der Waals surface area contributed by atoms with Crippen molar-refractivity contribution in [3.8, 4) is 5.75 Å². The Morgan fingerprint density at radius 1 is 1.26 bits per heavy atom. The van der Waals surface area contributed by atoms with Gasteiger partial charge < -0.3 is 20.1 Å². The maximum atomic E-state index is 9.86. The van der Waals surface area contributed by atoms with Crippen LogP contribution in [0.4, 0.5) is 0 Å². The second-order valence-electron chi connectivity index (χ2n) is 7.68. The lowest BCUT2D eigenvalue weighted by Gasteiger charge is -2.39. The molecule has 2 N–H and O–H groups in total. The third kappa shape index (κ3) is 4.93. The molecular weight excluding hydrogens is 340 g/mol. The van der Waals surface area contributed by atoms with Gasteiger partial charge in [-0.3, -0.25) is 9.89 Å². The predicted octanol–water partition coefficient (Wildman–Crippen LogP) is 2.11. The third-order valence-electron chi connectivity index (χ3n) is 5.74. The smallest absolute Gasteiger partial charge is 0.194 e. The second kappa shape index (κ2) is 9.42. The quantitative estimate of drug-likeness (QED) is 0.611. The summed E-state index contributed by atoms with van der Waals surface area (Å²) in [7, 11) is 3.92. The van der Waals surface area contributed by atoms with Crippen LogP contribution in [0.5, 0.6) is 5.75 Å².